The second kappa shape index (κ2) is 7.71. The average Bonchev–Trinajstić information content (AvgIpc) is 2.41. The molecule has 1 rings (SSSR count). The maximum Gasteiger partial charge on any atom is 0.411 e. The number of hydrogen-bond donors (Lipinski definition) is 3. The van der Waals surface area contributed by atoms with Crippen LogP contribution in [0.4, 0.5) is 13.2 Å². The summed E-state index contributed by atoms with van der Waals surface area (Å²) in [5.41, 5.74) is 6.86. The van der Waals surface area contributed by atoms with E-state index in [0.717, 1.165) is 5.56 Å². The molecule has 0 aliphatic heterocycles. The van der Waals surface area contributed by atoms with E-state index in [9.17, 15) is 13.2 Å². The molecule has 0 unspecified atom stereocenters. The number of halogens is 3. The van der Waals surface area contributed by atoms with Crippen LogP contribution in [0.15, 0.2) is 29.4 Å². The molecule has 0 bridgehead atoms. The third-order valence-corrected chi connectivity index (χ3v) is 2.41. The van der Waals surface area contributed by atoms with Gasteiger partial charge in [0.2, 0.25) is 0 Å². The standard InChI is InChI=1S/C12H16F3N3O2/c13-12(14,15)8-20-6-5-17-7-9-3-1-2-4-10(9)11(16)18-19/h1-4,17,19H,5-8H2,(H2,16,18). The maximum absolute atomic E-state index is 11.8. The number of benzene rings is 1. The highest BCUT2D eigenvalue weighted by Gasteiger charge is 2.27. The summed E-state index contributed by atoms with van der Waals surface area (Å²) in [7, 11) is 0. The minimum atomic E-state index is -4.31. The van der Waals surface area contributed by atoms with Gasteiger partial charge in [-0.15, -0.1) is 0 Å². The molecule has 1 aromatic carbocycles. The van der Waals surface area contributed by atoms with Gasteiger partial charge in [0.15, 0.2) is 5.84 Å². The molecule has 0 aliphatic rings. The molecular weight excluding hydrogens is 275 g/mol. The van der Waals surface area contributed by atoms with E-state index >= 15 is 0 Å². The SMILES string of the molecule is NC(=NO)c1ccccc1CNCCOCC(F)(F)F. The molecule has 0 aliphatic carbocycles. The Bertz CT molecular complexity index is 450. The third kappa shape index (κ3) is 5.89. The Kier molecular flexibility index (Phi) is 6.26. The number of alkyl halides is 3. The van der Waals surface area contributed by atoms with Crippen LogP contribution < -0.4 is 11.1 Å². The summed E-state index contributed by atoms with van der Waals surface area (Å²) in [6, 6.07) is 6.98. The fraction of sp³-hybridized carbons (Fsp3) is 0.417. The highest BCUT2D eigenvalue weighted by atomic mass is 19.4. The van der Waals surface area contributed by atoms with Crippen LogP contribution in [0, 0.1) is 0 Å². The van der Waals surface area contributed by atoms with Crippen molar-refractivity contribution in [2.24, 2.45) is 10.9 Å². The molecule has 1 aromatic rings. The molecule has 0 fully saturated rings. The number of ether oxygens (including phenoxy) is 1. The van der Waals surface area contributed by atoms with Crippen molar-refractivity contribution in [2.45, 2.75) is 12.7 Å². The largest absolute Gasteiger partial charge is 0.411 e. The minimum absolute atomic E-state index is 0.0179. The zero-order chi connectivity index (χ0) is 15.0. The van der Waals surface area contributed by atoms with Crippen molar-refractivity contribution >= 4 is 5.84 Å². The van der Waals surface area contributed by atoms with Crippen molar-refractivity contribution in [3.8, 4) is 0 Å². The number of hydrogen-bond acceptors (Lipinski definition) is 4. The second-order valence-electron chi connectivity index (χ2n) is 3.99. The Morgan fingerprint density at radius 3 is 2.70 bits per heavy atom. The van der Waals surface area contributed by atoms with Crippen LogP contribution >= 0.6 is 0 Å². The summed E-state index contributed by atoms with van der Waals surface area (Å²) in [5.74, 6) is -0.0179. The normalized spacial score (nSPS) is 12.7. The zero-order valence-corrected chi connectivity index (χ0v) is 10.7. The first-order valence-corrected chi connectivity index (χ1v) is 5.85. The number of nitrogens with zero attached hydrogens (tertiary/aromatic N) is 1. The molecular formula is C12H16F3N3O2. The van der Waals surface area contributed by atoms with Crippen molar-refractivity contribution in [3.05, 3.63) is 35.4 Å². The third-order valence-electron chi connectivity index (χ3n) is 2.41. The lowest BCUT2D eigenvalue weighted by Gasteiger charge is -2.10. The Hall–Kier alpha value is -1.80. The van der Waals surface area contributed by atoms with Crippen molar-refractivity contribution in [2.75, 3.05) is 19.8 Å². The van der Waals surface area contributed by atoms with Gasteiger partial charge in [-0.3, -0.25) is 0 Å². The molecule has 0 saturated heterocycles. The molecule has 20 heavy (non-hydrogen) atoms. The first-order valence-electron chi connectivity index (χ1n) is 5.85. The summed E-state index contributed by atoms with van der Waals surface area (Å²) in [5, 5.41) is 14.5. The van der Waals surface area contributed by atoms with E-state index in [4.69, 9.17) is 10.9 Å². The van der Waals surface area contributed by atoms with Gasteiger partial charge in [0.05, 0.1) is 6.61 Å². The molecule has 0 amide bonds. The van der Waals surface area contributed by atoms with E-state index in [1.165, 1.54) is 0 Å². The highest BCUT2D eigenvalue weighted by Crippen LogP contribution is 2.14. The van der Waals surface area contributed by atoms with Crippen LogP contribution in [-0.4, -0.2) is 37.0 Å². The van der Waals surface area contributed by atoms with E-state index in [-0.39, 0.29) is 19.0 Å². The molecule has 0 saturated carbocycles. The second-order valence-corrected chi connectivity index (χ2v) is 3.99. The summed E-state index contributed by atoms with van der Waals surface area (Å²) in [4.78, 5) is 0. The maximum atomic E-state index is 11.8. The molecule has 0 atom stereocenters. The van der Waals surface area contributed by atoms with Gasteiger partial charge in [-0.05, 0) is 5.56 Å². The molecule has 0 spiro atoms. The quantitative estimate of drug-likeness (QED) is 0.233. The Labute approximate surface area is 114 Å². The van der Waals surface area contributed by atoms with Gasteiger partial charge >= 0.3 is 6.18 Å². The van der Waals surface area contributed by atoms with E-state index in [2.05, 4.69) is 15.2 Å². The van der Waals surface area contributed by atoms with Crippen LogP contribution in [0.2, 0.25) is 0 Å². The number of rotatable bonds is 7. The molecule has 8 heteroatoms. The monoisotopic (exact) mass is 291 g/mol. The first kappa shape index (κ1) is 16.3. The smallest absolute Gasteiger partial charge is 0.409 e. The van der Waals surface area contributed by atoms with Crippen molar-refractivity contribution < 1.29 is 23.1 Å². The molecule has 0 heterocycles. The number of oxime groups is 1. The Balaban J connectivity index is 2.36. The first-order chi connectivity index (χ1) is 9.44. The van der Waals surface area contributed by atoms with Crippen LogP contribution in [-0.2, 0) is 11.3 Å². The topological polar surface area (TPSA) is 79.9 Å². The van der Waals surface area contributed by atoms with E-state index in [0.29, 0.717) is 12.1 Å². The summed E-state index contributed by atoms with van der Waals surface area (Å²) in [6.07, 6.45) is -4.31. The zero-order valence-electron chi connectivity index (χ0n) is 10.7. The fourth-order valence-corrected chi connectivity index (χ4v) is 1.53. The summed E-state index contributed by atoms with van der Waals surface area (Å²) in [6.45, 7) is -0.664. The van der Waals surface area contributed by atoms with Gasteiger partial charge in [-0.2, -0.15) is 13.2 Å². The molecule has 4 N–H and O–H groups in total. The van der Waals surface area contributed by atoms with Gasteiger partial charge in [0, 0.05) is 18.7 Å². The van der Waals surface area contributed by atoms with Gasteiger partial charge in [-0.25, -0.2) is 0 Å². The summed E-state index contributed by atoms with van der Waals surface area (Å²) >= 11 is 0. The van der Waals surface area contributed by atoms with Crippen LogP contribution in [0.1, 0.15) is 11.1 Å². The summed E-state index contributed by atoms with van der Waals surface area (Å²) < 4.78 is 39.9. The number of nitrogens with two attached hydrogens (primary N) is 1. The van der Waals surface area contributed by atoms with E-state index in [1.54, 1.807) is 24.3 Å². The lowest BCUT2D eigenvalue weighted by Crippen LogP contribution is -2.25. The van der Waals surface area contributed by atoms with Gasteiger partial charge < -0.3 is 21.0 Å². The molecule has 5 nitrogen and oxygen atoms in total. The predicted octanol–water partition coefficient (Wildman–Crippen LogP) is 1.45. The Morgan fingerprint density at radius 2 is 2.05 bits per heavy atom. The minimum Gasteiger partial charge on any atom is -0.409 e. The van der Waals surface area contributed by atoms with Gasteiger partial charge in [0.25, 0.3) is 0 Å². The fourth-order valence-electron chi connectivity index (χ4n) is 1.53. The van der Waals surface area contributed by atoms with Crippen molar-refractivity contribution in [1.82, 2.24) is 5.32 Å². The molecule has 0 radical (unpaired) electrons. The average molecular weight is 291 g/mol. The Morgan fingerprint density at radius 1 is 1.35 bits per heavy atom. The van der Waals surface area contributed by atoms with Crippen molar-refractivity contribution in [1.29, 1.82) is 0 Å². The van der Waals surface area contributed by atoms with Crippen molar-refractivity contribution in [3.63, 3.8) is 0 Å². The van der Waals surface area contributed by atoms with Crippen LogP contribution in [0.3, 0.4) is 0 Å². The van der Waals surface area contributed by atoms with Crippen LogP contribution in [0.5, 0.6) is 0 Å². The van der Waals surface area contributed by atoms with E-state index in [1.807, 2.05) is 0 Å². The van der Waals surface area contributed by atoms with Crippen LogP contribution in [0.25, 0.3) is 0 Å². The highest BCUT2D eigenvalue weighted by molar-refractivity contribution is 5.98. The molecule has 112 valence electrons. The van der Waals surface area contributed by atoms with Gasteiger partial charge in [0.1, 0.15) is 6.61 Å². The van der Waals surface area contributed by atoms with Gasteiger partial charge in [-0.1, -0.05) is 29.4 Å². The lowest BCUT2D eigenvalue weighted by atomic mass is 10.1. The lowest BCUT2D eigenvalue weighted by molar-refractivity contribution is -0.173. The number of nitrogens with one attached hydrogen (secondary N) is 1. The number of amidine groups is 1. The predicted molar refractivity (Wildman–Crippen MR) is 67.5 cm³/mol. The van der Waals surface area contributed by atoms with E-state index < -0.39 is 12.8 Å². The molecule has 0 aromatic heterocycles.